The van der Waals surface area contributed by atoms with Crippen LogP contribution in [0.25, 0.3) is 0 Å². The fourth-order valence-electron chi connectivity index (χ4n) is 2.36. The lowest BCUT2D eigenvalue weighted by Crippen LogP contribution is -2.43. The summed E-state index contributed by atoms with van der Waals surface area (Å²) in [5.74, 6) is -0.442. The van der Waals surface area contributed by atoms with E-state index in [-0.39, 0.29) is 0 Å². The number of nitriles is 1. The molecule has 17 heavy (non-hydrogen) atoms. The van der Waals surface area contributed by atoms with E-state index in [1.54, 1.807) is 0 Å². The standard InChI is InChI=1S/C12H18F2N2O/c1-16(8-10(13)14)11(17)12(9-15)6-4-2-3-5-7-12/h10H,2-8H2,1H3. The van der Waals surface area contributed by atoms with Crippen LogP contribution in [0.1, 0.15) is 38.5 Å². The lowest BCUT2D eigenvalue weighted by Gasteiger charge is -2.29. The molecule has 0 radical (unpaired) electrons. The fraction of sp³-hybridized carbons (Fsp3) is 0.833. The Morgan fingerprint density at radius 2 is 1.88 bits per heavy atom. The Bertz CT molecular complexity index is 304. The van der Waals surface area contributed by atoms with Crippen molar-refractivity contribution in [2.45, 2.75) is 45.0 Å². The Hall–Kier alpha value is -1.18. The van der Waals surface area contributed by atoms with Crippen molar-refractivity contribution in [3.05, 3.63) is 0 Å². The van der Waals surface area contributed by atoms with Gasteiger partial charge in [-0.25, -0.2) is 8.78 Å². The third kappa shape index (κ3) is 3.39. The first kappa shape index (κ1) is 13.9. The SMILES string of the molecule is CN(CC(F)F)C(=O)C1(C#N)CCCCCC1. The largest absolute Gasteiger partial charge is 0.339 e. The van der Waals surface area contributed by atoms with Crippen LogP contribution in [0.4, 0.5) is 8.78 Å². The van der Waals surface area contributed by atoms with Gasteiger partial charge in [0.1, 0.15) is 5.41 Å². The quantitative estimate of drug-likeness (QED) is 0.716. The lowest BCUT2D eigenvalue weighted by atomic mass is 9.80. The number of halogens is 2. The molecule has 0 saturated heterocycles. The van der Waals surface area contributed by atoms with Crippen LogP contribution in [0.2, 0.25) is 0 Å². The van der Waals surface area contributed by atoms with Gasteiger partial charge in [-0.1, -0.05) is 25.7 Å². The van der Waals surface area contributed by atoms with Gasteiger partial charge in [0, 0.05) is 7.05 Å². The molecule has 1 aliphatic carbocycles. The molecule has 0 aromatic carbocycles. The van der Waals surface area contributed by atoms with Gasteiger partial charge in [0.15, 0.2) is 0 Å². The lowest BCUT2D eigenvalue weighted by molar-refractivity contribution is -0.140. The van der Waals surface area contributed by atoms with E-state index < -0.39 is 24.3 Å². The van der Waals surface area contributed by atoms with Gasteiger partial charge in [-0.15, -0.1) is 0 Å². The number of amides is 1. The van der Waals surface area contributed by atoms with Crippen molar-refractivity contribution >= 4 is 5.91 Å². The van der Waals surface area contributed by atoms with Gasteiger partial charge in [-0.3, -0.25) is 4.79 Å². The van der Waals surface area contributed by atoms with Crippen molar-refractivity contribution in [1.82, 2.24) is 4.90 Å². The molecular formula is C12H18F2N2O. The Balaban J connectivity index is 2.77. The number of carbonyl (C=O) groups excluding carboxylic acids is 1. The van der Waals surface area contributed by atoms with E-state index in [9.17, 15) is 18.8 Å². The van der Waals surface area contributed by atoms with Crippen LogP contribution in [0, 0.1) is 16.7 Å². The molecule has 1 saturated carbocycles. The van der Waals surface area contributed by atoms with Crippen LogP contribution in [-0.2, 0) is 4.79 Å². The maximum atomic E-state index is 12.2. The van der Waals surface area contributed by atoms with E-state index in [1.165, 1.54) is 7.05 Å². The topological polar surface area (TPSA) is 44.1 Å². The first-order valence-electron chi connectivity index (χ1n) is 5.97. The molecule has 5 heteroatoms. The second-order valence-electron chi connectivity index (χ2n) is 4.68. The first-order chi connectivity index (χ1) is 8.02. The van der Waals surface area contributed by atoms with E-state index >= 15 is 0 Å². The van der Waals surface area contributed by atoms with Gasteiger partial charge in [-0.05, 0) is 12.8 Å². The Kier molecular flexibility index (Phi) is 4.86. The molecule has 0 heterocycles. The molecule has 0 aromatic rings. The molecule has 1 aliphatic rings. The summed E-state index contributed by atoms with van der Waals surface area (Å²) in [5, 5.41) is 9.23. The number of carbonyl (C=O) groups is 1. The van der Waals surface area contributed by atoms with Crippen LogP contribution in [-0.4, -0.2) is 30.8 Å². The van der Waals surface area contributed by atoms with E-state index in [0.717, 1.165) is 30.6 Å². The highest BCUT2D eigenvalue weighted by Gasteiger charge is 2.41. The summed E-state index contributed by atoms with van der Waals surface area (Å²) in [6.07, 6.45) is 2.10. The maximum absolute atomic E-state index is 12.2. The second-order valence-corrected chi connectivity index (χ2v) is 4.68. The van der Waals surface area contributed by atoms with Gasteiger partial charge >= 0.3 is 0 Å². The molecule has 0 bridgehead atoms. The normalized spacial score (nSPS) is 19.5. The number of hydrogen-bond donors (Lipinski definition) is 0. The highest BCUT2D eigenvalue weighted by atomic mass is 19.3. The second kappa shape index (κ2) is 5.95. The monoisotopic (exact) mass is 244 g/mol. The molecule has 0 atom stereocenters. The molecular weight excluding hydrogens is 226 g/mol. The van der Waals surface area contributed by atoms with Crippen molar-refractivity contribution in [1.29, 1.82) is 5.26 Å². The van der Waals surface area contributed by atoms with Crippen LogP contribution >= 0.6 is 0 Å². The van der Waals surface area contributed by atoms with E-state index in [0.29, 0.717) is 12.8 Å². The van der Waals surface area contributed by atoms with Crippen LogP contribution in [0.15, 0.2) is 0 Å². The molecule has 0 aliphatic heterocycles. The fourth-order valence-corrected chi connectivity index (χ4v) is 2.36. The van der Waals surface area contributed by atoms with Crippen molar-refractivity contribution in [3.63, 3.8) is 0 Å². The van der Waals surface area contributed by atoms with E-state index in [4.69, 9.17) is 0 Å². The van der Waals surface area contributed by atoms with Crippen LogP contribution in [0.5, 0.6) is 0 Å². The molecule has 0 unspecified atom stereocenters. The predicted molar refractivity (Wildman–Crippen MR) is 59.4 cm³/mol. The summed E-state index contributed by atoms with van der Waals surface area (Å²) < 4.78 is 24.5. The molecule has 0 N–H and O–H groups in total. The third-order valence-electron chi connectivity index (χ3n) is 3.34. The molecule has 1 amide bonds. The summed E-state index contributed by atoms with van der Waals surface area (Å²) in [4.78, 5) is 13.1. The van der Waals surface area contributed by atoms with Crippen molar-refractivity contribution < 1.29 is 13.6 Å². The maximum Gasteiger partial charge on any atom is 0.255 e. The molecule has 96 valence electrons. The zero-order chi connectivity index (χ0) is 12.9. The summed E-state index contributed by atoms with van der Waals surface area (Å²) >= 11 is 0. The Labute approximate surface area is 100 Å². The predicted octanol–water partition coefficient (Wildman–Crippen LogP) is 2.57. The van der Waals surface area contributed by atoms with Crippen molar-refractivity contribution in [3.8, 4) is 6.07 Å². The third-order valence-corrected chi connectivity index (χ3v) is 3.34. The van der Waals surface area contributed by atoms with Gasteiger partial charge in [0.05, 0.1) is 12.6 Å². The van der Waals surface area contributed by atoms with Gasteiger partial charge in [0.25, 0.3) is 6.43 Å². The van der Waals surface area contributed by atoms with Crippen molar-refractivity contribution in [2.24, 2.45) is 5.41 Å². The molecule has 0 spiro atoms. The van der Waals surface area contributed by atoms with E-state index in [1.807, 2.05) is 0 Å². The summed E-state index contributed by atoms with van der Waals surface area (Å²) in [6, 6.07) is 2.08. The zero-order valence-electron chi connectivity index (χ0n) is 10.1. The average Bonchev–Trinajstić information content (AvgIpc) is 2.53. The van der Waals surface area contributed by atoms with Gasteiger partial charge in [0.2, 0.25) is 5.91 Å². The number of rotatable bonds is 3. The number of nitrogens with zero attached hydrogens (tertiary/aromatic N) is 2. The number of alkyl halides is 2. The molecule has 0 aromatic heterocycles. The highest BCUT2D eigenvalue weighted by Crippen LogP contribution is 2.36. The zero-order valence-corrected chi connectivity index (χ0v) is 10.1. The van der Waals surface area contributed by atoms with Crippen LogP contribution in [0.3, 0.4) is 0 Å². The van der Waals surface area contributed by atoms with Gasteiger partial charge in [-0.2, -0.15) is 5.26 Å². The Morgan fingerprint density at radius 1 is 1.35 bits per heavy atom. The van der Waals surface area contributed by atoms with Gasteiger partial charge < -0.3 is 4.90 Å². The number of hydrogen-bond acceptors (Lipinski definition) is 2. The van der Waals surface area contributed by atoms with Crippen molar-refractivity contribution in [2.75, 3.05) is 13.6 Å². The summed E-state index contributed by atoms with van der Waals surface area (Å²) in [6.45, 7) is -0.595. The molecule has 1 rings (SSSR count). The highest BCUT2D eigenvalue weighted by molar-refractivity contribution is 5.85. The Morgan fingerprint density at radius 3 is 2.29 bits per heavy atom. The minimum Gasteiger partial charge on any atom is -0.339 e. The minimum absolute atomic E-state index is 0.442. The summed E-state index contributed by atoms with van der Waals surface area (Å²) in [7, 11) is 1.35. The molecule has 3 nitrogen and oxygen atoms in total. The minimum atomic E-state index is -2.55. The smallest absolute Gasteiger partial charge is 0.255 e. The van der Waals surface area contributed by atoms with E-state index in [2.05, 4.69) is 6.07 Å². The summed E-state index contributed by atoms with van der Waals surface area (Å²) in [5.41, 5.74) is -1.07. The first-order valence-corrected chi connectivity index (χ1v) is 5.97. The average molecular weight is 244 g/mol. The van der Waals surface area contributed by atoms with Crippen LogP contribution < -0.4 is 0 Å². The molecule has 1 fully saturated rings.